The van der Waals surface area contributed by atoms with Crippen LogP contribution in [-0.4, -0.2) is 48.1 Å². The molecule has 1 fully saturated rings. The zero-order valence-corrected chi connectivity index (χ0v) is 18.8. The van der Waals surface area contributed by atoms with Crippen LogP contribution in [0.5, 0.6) is 11.5 Å². The summed E-state index contributed by atoms with van der Waals surface area (Å²) in [6.45, 7) is 1.01. The van der Waals surface area contributed by atoms with Crippen molar-refractivity contribution in [1.29, 1.82) is 0 Å². The Morgan fingerprint density at radius 3 is 2.60 bits per heavy atom. The fraction of sp³-hybridized carbons (Fsp3) is 0.292. The average Bonchev–Trinajstić information content (AvgIpc) is 3.26. The van der Waals surface area contributed by atoms with E-state index < -0.39 is 0 Å². The lowest BCUT2D eigenvalue weighted by Gasteiger charge is -2.38. The maximum absolute atomic E-state index is 5.75. The van der Waals surface area contributed by atoms with Gasteiger partial charge in [-0.3, -0.25) is 0 Å². The molecule has 0 N–H and O–H groups in total. The van der Waals surface area contributed by atoms with Crippen molar-refractivity contribution in [2.24, 2.45) is 4.99 Å². The Hall–Kier alpha value is -2.31. The molecule has 0 aliphatic carbocycles. The van der Waals surface area contributed by atoms with E-state index in [4.69, 9.17) is 14.5 Å². The molecule has 3 aliphatic heterocycles. The van der Waals surface area contributed by atoms with Gasteiger partial charge in [0.05, 0.1) is 26.0 Å². The molecule has 1 saturated heterocycles. The Balaban J connectivity index is 1.66. The second kappa shape index (κ2) is 8.44. The molecule has 154 valence electrons. The first-order chi connectivity index (χ1) is 14.8. The maximum Gasteiger partial charge on any atom is 0.165 e. The van der Waals surface area contributed by atoms with Crippen molar-refractivity contribution < 1.29 is 9.47 Å². The number of thioether (sulfide) groups is 2. The van der Waals surface area contributed by atoms with Gasteiger partial charge in [0, 0.05) is 34.9 Å². The van der Waals surface area contributed by atoms with Gasteiger partial charge in [-0.2, -0.15) is 11.8 Å². The van der Waals surface area contributed by atoms with Gasteiger partial charge in [0.2, 0.25) is 0 Å². The molecule has 3 heterocycles. The molecule has 0 amide bonds. The van der Waals surface area contributed by atoms with Crippen LogP contribution in [0.2, 0.25) is 0 Å². The Morgan fingerprint density at radius 2 is 1.77 bits per heavy atom. The molecule has 2 aromatic carbocycles. The number of fused-ring (bicyclic) bond motifs is 1. The van der Waals surface area contributed by atoms with Crippen molar-refractivity contribution >= 4 is 34.8 Å². The highest BCUT2D eigenvalue weighted by molar-refractivity contribution is 8.14. The summed E-state index contributed by atoms with van der Waals surface area (Å²) >= 11 is 3.81. The van der Waals surface area contributed by atoms with E-state index in [9.17, 15) is 0 Å². The SMILES string of the molecule is COc1ccccc1/C=C1/CSCC2=C1N=C1SCCN1C2c1ccccc1OC. The maximum atomic E-state index is 5.75. The van der Waals surface area contributed by atoms with E-state index in [1.165, 1.54) is 16.7 Å². The van der Waals surface area contributed by atoms with Gasteiger partial charge in [0.15, 0.2) is 5.17 Å². The minimum atomic E-state index is 0.174. The first-order valence-electron chi connectivity index (χ1n) is 10.1. The second-order valence-electron chi connectivity index (χ2n) is 7.36. The van der Waals surface area contributed by atoms with Gasteiger partial charge in [-0.15, -0.1) is 0 Å². The first-order valence-corrected chi connectivity index (χ1v) is 12.2. The van der Waals surface area contributed by atoms with Gasteiger partial charge in [-0.05, 0) is 29.4 Å². The summed E-state index contributed by atoms with van der Waals surface area (Å²) in [5, 5.41) is 1.13. The van der Waals surface area contributed by atoms with E-state index in [1.54, 1.807) is 14.2 Å². The van der Waals surface area contributed by atoms with Crippen molar-refractivity contribution in [3.05, 3.63) is 76.5 Å². The van der Waals surface area contributed by atoms with Crippen LogP contribution in [0.4, 0.5) is 0 Å². The molecule has 0 saturated carbocycles. The van der Waals surface area contributed by atoms with Crippen LogP contribution in [0, 0.1) is 0 Å². The van der Waals surface area contributed by atoms with Crippen LogP contribution in [0.25, 0.3) is 6.08 Å². The number of aliphatic imine (C=N–C) groups is 1. The largest absolute Gasteiger partial charge is 0.496 e. The van der Waals surface area contributed by atoms with Gasteiger partial charge in [0.25, 0.3) is 0 Å². The fourth-order valence-corrected chi connectivity index (χ4v) is 6.38. The lowest BCUT2D eigenvalue weighted by molar-refractivity contribution is 0.353. The van der Waals surface area contributed by atoms with Crippen molar-refractivity contribution in [1.82, 2.24) is 4.90 Å². The van der Waals surface area contributed by atoms with Crippen LogP contribution >= 0.6 is 23.5 Å². The average molecular weight is 437 g/mol. The predicted octanol–water partition coefficient (Wildman–Crippen LogP) is 5.25. The molecular formula is C24H24N2O2S2. The number of nitrogens with zero attached hydrogens (tertiary/aromatic N) is 2. The molecule has 6 heteroatoms. The highest BCUT2D eigenvalue weighted by Gasteiger charge is 2.39. The summed E-state index contributed by atoms with van der Waals surface area (Å²) in [6, 6.07) is 16.8. The summed E-state index contributed by atoms with van der Waals surface area (Å²) in [5.74, 6) is 4.85. The molecule has 0 bridgehead atoms. The molecule has 0 aromatic heterocycles. The summed E-state index contributed by atoms with van der Waals surface area (Å²) in [6.07, 6.45) is 2.25. The molecule has 3 aliphatic rings. The topological polar surface area (TPSA) is 34.1 Å². The molecule has 0 radical (unpaired) electrons. The lowest BCUT2D eigenvalue weighted by atomic mass is 9.92. The van der Waals surface area contributed by atoms with Crippen molar-refractivity contribution in [2.75, 3.05) is 38.0 Å². The van der Waals surface area contributed by atoms with E-state index in [-0.39, 0.29) is 6.04 Å². The standard InChI is InChI=1S/C24H24N2O2S2/c1-27-20-9-5-3-7-16(20)13-17-14-29-15-19-22(17)25-24-26(11-12-30-24)23(19)18-8-4-6-10-21(18)28-2/h3-10,13,23H,11-12,14-15H2,1-2H3/b17-13-. The molecule has 30 heavy (non-hydrogen) atoms. The van der Waals surface area contributed by atoms with Crippen molar-refractivity contribution in [3.63, 3.8) is 0 Å². The Morgan fingerprint density at radius 1 is 1.00 bits per heavy atom. The zero-order chi connectivity index (χ0) is 20.5. The number of hydrogen-bond acceptors (Lipinski definition) is 6. The Kier molecular flexibility index (Phi) is 5.52. The summed E-state index contributed by atoms with van der Waals surface area (Å²) in [5.41, 5.74) is 6.12. The number of amidine groups is 1. The summed E-state index contributed by atoms with van der Waals surface area (Å²) < 4.78 is 11.3. The van der Waals surface area contributed by atoms with Crippen LogP contribution in [-0.2, 0) is 0 Å². The van der Waals surface area contributed by atoms with E-state index in [1.807, 2.05) is 41.7 Å². The number of methoxy groups -OCH3 is 2. The number of hydrogen-bond donors (Lipinski definition) is 0. The number of ether oxygens (including phenoxy) is 2. The Labute approximate surface area is 186 Å². The molecule has 1 atom stereocenters. The van der Waals surface area contributed by atoms with E-state index >= 15 is 0 Å². The quantitative estimate of drug-likeness (QED) is 0.654. The molecule has 5 rings (SSSR count). The molecule has 2 aromatic rings. The van der Waals surface area contributed by atoms with Crippen LogP contribution in [0.1, 0.15) is 17.2 Å². The number of allylic oxidation sites excluding steroid dienone is 1. The number of para-hydroxylation sites is 2. The van der Waals surface area contributed by atoms with Gasteiger partial charge >= 0.3 is 0 Å². The van der Waals surface area contributed by atoms with E-state index in [0.29, 0.717) is 0 Å². The van der Waals surface area contributed by atoms with Crippen molar-refractivity contribution in [2.45, 2.75) is 6.04 Å². The highest BCUT2D eigenvalue weighted by atomic mass is 32.2. The first kappa shape index (κ1) is 19.6. The van der Waals surface area contributed by atoms with Gasteiger partial charge in [-0.25, -0.2) is 4.99 Å². The van der Waals surface area contributed by atoms with Crippen LogP contribution in [0.15, 0.2) is 70.4 Å². The van der Waals surface area contributed by atoms with Crippen molar-refractivity contribution in [3.8, 4) is 11.5 Å². The lowest BCUT2D eigenvalue weighted by Crippen LogP contribution is -2.36. The zero-order valence-electron chi connectivity index (χ0n) is 17.1. The molecule has 1 unspecified atom stereocenters. The Bertz CT molecular complexity index is 1060. The third-order valence-corrected chi connectivity index (χ3v) is 7.68. The molecular weight excluding hydrogens is 412 g/mol. The molecule has 0 spiro atoms. The van der Waals surface area contributed by atoms with Gasteiger partial charge < -0.3 is 14.4 Å². The number of benzene rings is 2. The van der Waals surface area contributed by atoms with Gasteiger partial charge in [-0.1, -0.05) is 48.2 Å². The highest BCUT2D eigenvalue weighted by Crippen LogP contribution is 2.47. The normalized spacial score (nSPS) is 21.9. The predicted molar refractivity (Wildman–Crippen MR) is 128 cm³/mol. The minimum Gasteiger partial charge on any atom is -0.496 e. The minimum absolute atomic E-state index is 0.174. The van der Waals surface area contributed by atoms with E-state index in [2.05, 4.69) is 41.3 Å². The number of rotatable bonds is 4. The third kappa shape index (κ3) is 3.42. The summed E-state index contributed by atoms with van der Waals surface area (Å²) in [4.78, 5) is 7.60. The third-order valence-electron chi connectivity index (χ3n) is 5.68. The van der Waals surface area contributed by atoms with Gasteiger partial charge in [0.1, 0.15) is 11.5 Å². The molecule has 4 nitrogen and oxygen atoms in total. The monoisotopic (exact) mass is 436 g/mol. The fourth-order valence-electron chi connectivity index (χ4n) is 4.33. The second-order valence-corrected chi connectivity index (χ2v) is 9.41. The summed E-state index contributed by atoms with van der Waals surface area (Å²) in [7, 11) is 3.48. The van der Waals surface area contributed by atoms with Crippen LogP contribution < -0.4 is 9.47 Å². The van der Waals surface area contributed by atoms with Crippen LogP contribution in [0.3, 0.4) is 0 Å². The van der Waals surface area contributed by atoms with E-state index in [0.717, 1.165) is 51.7 Å². The smallest absolute Gasteiger partial charge is 0.165 e.